The fourth-order valence-corrected chi connectivity index (χ4v) is 2.03. The largest absolute Gasteiger partial charge is 0.481 e. The maximum Gasteiger partial charge on any atom is 0.303 e. The number of nitrogens with one attached hydrogen (secondary N) is 1. The highest BCUT2D eigenvalue weighted by Gasteiger charge is 2.18. The Labute approximate surface area is 110 Å². The molecule has 19 heavy (non-hydrogen) atoms. The van der Waals surface area contributed by atoms with Crippen molar-refractivity contribution in [1.82, 2.24) is 9.97 Å². The smallest absolute Gasteiger partial charge is 0.303 e. The highest BCUT2D eigenvalue weighted by molar-refractivity contribution is 5.94. The number of amides is 1. The summed E-state index contributed by atoms with van der Waals surface area (Å²) in [6.45, 7) is 1.82. The van der Waals surface area contributed by atoms with Crippen LogP contribution >= 0.6 is 0 Å². The number of carboxylic acids is 1. The van der Waals surface area contributed by atoms with E-state index in [1.54, 1.807) is 6.20 Å². The molecule has 0 saturated carbocycles. The van der Waals surface area contributed by atoms with Crippen LogP contribution in [0.2, 0.25) is 0 Å². The first-order chi connectivity index (χ1) is 9.16. The molecule has 0 aromatic carbocycles. The molecule has 1 aliphatic heterocycles. The van der Waals surface area contributed by atoms with E-state index in [-0.39, 0.29) is 18.7 Å². The fraction of sp³-hybridized carbons (Fsp3) is 0.500. The van der Waals surface area contributed by atoms with E-state index >= 15 is 0 Å². The van der Waals surface area contributed by atoms with E-state index in [0.717, 1.165) is 25.9 Å². The summed E-state index contributed by atoms with van der Waals surface area (Å²) < 4.78 is 0. The molecule has 0 spiro atoms. The second kappa shape index (κ2) is 6.12. The third-order valence-electron chi connectivity index (χ3n) is 2.94. The van der Waals surface area contributed by atoms with Crippen molar-refractivity contribution < 1.29 is 14.7 Å². The van der Waals surface area contributed by atoms with Crippen molar-refractivity contribution in [2.75, 3.05) is 23.3 Å². The van der Waals surface area contributed by atoms with Gasteiger partial charge in [0.15, 0.2) is 5.82 Å². The molecule has 1 aromatic heterocycles. The highest BCUT2D eigenvalue weighted by Crippen LogP contribution is 2.25. The minimum Gasteiger partial charge on any atom is -0.481 e. The zero-order chi connectivity index (χ0) is 13.7. The van der Waals surface area contributed by atoms with Crippen LogP contribution < -0.4 is 10.2 Å². The van der Waals surface area contributed by atoms with Gasteiger partial charge in [-0.1, -0.05) is 0 Å². The predicted octanol–water partition coefficient (Wildman–Crippen LogP) is 0.880. The molecule has 0 unspecified atom stereocenters. The van der Waals surface area contributed by atoms with Crippen molar-refractivity contribution in [2.24, 2.45) is 0 Å². The number of carboxylic acid groups (broad SMARTS) is 1. The Morgan fingerprint density at radius 1 is 1.32 bits per heavy atom. The van der Waals surface area contributed by atoms with Crippen LogP contribution in [0.15, 0.2) is 12.5 Å². The topological polar surface area (TPSA) is 95.4 Å². The number of anilines is 2. The van der Waals surface area contributed by atoms with Gasteiger partial charge in [-0.25, -0.2) is 9.97 Å². The minimum atomic E-state index is -0.987. The number of hydrogen-bond donors (Lipinski definition) is 2. The van der Waals surface area contributed by atoms with E-state index in [0.29, 0.717) is 11.5 Å². The number of aliphatic carboxylic acids is 1. The van der Waals surface area contributed by atoms with E-state index in [4.69, 9.17) is 5.11 Å². The summed E-state index contributed by atoms with van der Waals surface area (Å²) in [5, 5.41) is 11.2. The summed E-state index contributed by atoms with van der Waals surface area (Å²) in [6, 6.07) is 0. The first kappa shape index (κ1) is 13.3. The van der Waals surface area contributed by atoms with E-state index in [2.05, 4.69) is 20.2 Å². The minimum absolute atomic E-state index is 0.0519. The maximum atomic E-state index is 11.6. The Bertz CT molecular complexity index is 472. The van der Waals surface area contributed by atoms with Gasteiger partial charge < -0.3 is 15.3 Å². The van der Waals surface area contributed by atoms with Crippen LogP contribution in [0.3, 0.4) is 0 Å². The normalized spacial score (nSPS) is 14.4. The van der Waals surface area contributed by atoms with Crippen LogP contribution in [0.1, 0.15) is 25.7 Å². The monoisotopic (exact) mass is 264 g/mol. The van der Waals surface area contributed by atoms with E-state index in [9.17, 15) is 9.59 Å². The molecule has 7 heteroatoms. The lowest BCUT2D eigenvalue weighted by Gasteiger charge is -2.19. The van der Waals surface area contributed by atoms with Gasteiger partial charge in [-0.05, 0) is 12.8 Å². The number of hydrogen-bond acceptors (Lipinski definition) is 5. The molecule has 2 N–H and O–H groups in total. The summed E-state index contributed by atoms with van der Waals surface area (Å²) >= 11 is 0. The SMILES string of the molecule is O=C(O)CCC(=O)Nc1cncnc1N1CCCC1. The van der Waals surface area contributed by atoms with Gasteiger partial charge in [0.1, 0.15) is 12.0 Å². The number of nitrogens with zero attached hydrogens (tertiary/aromatic N) is 3. The van der Waals surface area contributed by atoms with Crippen molar-refractivity contribution in [3.63, 3.8) is 0 Å². The van der Waals surface area contributed by atoms with Crippen molar-refractivity contribution in [3.8, 4) is 0 Å². The van der Waals surface area contributed by atoms with Crippen LogP contribution in [0.5, 0.6) is 0 Å². The quantitative estimate of drug-likeness (QED) is 0.819. The Morgan fingerprint density at radius 3 is 2.74 bits per heavy atom. The highest BCUT2D eigenvalue weighted by atomic mass is 16.4. The molecule has 2 heterocycles. The first-order valence-electron chi connectivity index (χ1n) is 6.23. The molecule has 0 aliphatic carbocycles. The molecule has 0 bridgehead atoms. The Hall–Kier alpha value is -2.18. The van der Waals surface area contributed by atoms with Crippen LogP contribution in [-0.4, -0.2) is 40.0 Å². The third-order valence-corrected chi connectivity index (χ3v) is 2.94. The van der Waals surface area contributed by atoms with Gasteiger partial charge in [0.25, 0.3) is 0 Å². The zero-order valence-electron chi connectivity index (χ0n) is 10.5. The van der Waals surface area contributed by atoms with Crippen LogP contribution in [-0.2, 0) is 9.59 Å². The standard InChI is InChI=1S/C12H16N4O3/c17-10(3-4-11(18)19)15-9-7-13-8-14-12(9)16-5-1-2-6-16/h7-8H,1-6H2,(H,15,17)(H,18,19). The molecule has 102 valence electrons. The summed E-state index contributed by atoms with van der Waals surface area (Å²) in [5.41, 5.74) is 0.541. The summed E-state index contributed by atoms with van der Waals surface area (Å²) in [4.78, 5) is 32.2. The molecule has 1 aliphatic rings. The summed E-state index contributed by atoms with van der Waals surface area (Å²) in [6.07, 6.45) is 4.97. The summed E-state index contributed by atoms with van der Waals surface area (Å²) in [5.74, 6) is -0.618. The van der Waals surface area contributed by atoms with Crippen LogP contribution in [0.4, 0.5) is 11.5 Å². The number of aromatic nitrogens is 2. The molecular formula is C12H16N4O3. The average Bonchev–Trinajstić information content (AvgIpc) is 2.91. The van der Waals surface area contributed by atoms with Crippen molar-refractivity contribution in [2.45, 2.75) is 25.7 Å². The van der Waals surface area contributed by atoms with Gasteiger partial charge in [0.05, 0.1) is 12.6 Å². The molecule has 1 amide bonds. The molecule has 0 atom stereocenters. The van der Waals surface area contributed by atoms with Gasteiger partial charge in [-0.2, -0.15) is 0 Å². The molecule has 0 radical (unpaired) electrons. The lowest BCUT2D eigenvalue weighted by Crippen LogP contribution is -2.22. The first-order valence-corrected chi connectivity index (χ1v) is 6.23. The molecule has 1 aromatic rings. The van der Waals surface area contributed by atoms with Gasteiger partial charge in [-0.3, -0.25) is 9.59 Å². The summed E-state index contributed by atoms with van der Waals surface area (Å²) in [7, 11) is 0. The van der Waals surface area contributed by atoms with Gasteiger partial charge in [-0.15, -0.1) is 0 Å². The Balaban J connectivity index is 2.03. The predicted molar refractivity (Wildman–Crippen MR) is 69.0 cm³/mol. The number of rotatable bonds is 5. The van der Waals surface area contributed by atoms with Crippen LogP contribution in [0.25, 0.3) is 0 Å². The van der Waals surface area contributed by atoms with E-state index in [1.807, 2.05) is 0 Å². The van der Waals surface area contributed by atoms with Crippen molar-refractivity contribution in [3.05, 3.63) is 12.5 Å². The van der Waals surface area contributed by atoms with Gasteiger partial charge >= 0.3 is 5.97 Å². The van der Waals surface area contributed by atoms with Crippen LogP contribution in [0, 0.1) is 0 Å². The Morgan fingerprint density at radius 2 is 2.05 bits per heavy atom. The van der Waals surface area contributed by atoms with Gasteiger partial charge in [0.2, 0.25) is 5.91 Å². The third kappa shape index (κ3) is 3.64. The Kier molecular flexibility index (Phi) is 4.27. The molecule has 7 nitrogen and oxygen atoms in total. The molecule has 1 saturated heterocycles. The molecule has 1 fully saturated rings. The number of carbonyl (C=O) groups excluding carboxylic acids is 1. The lowest BCUT2D eigenvalue weighted by atomic mass is 10.3. The lowest BCUT2D eigenvalue weighted by molar-refractivity contribution is -0.138. The number of carbonyl (C=O) groups is 2. The second-order valence-electron chi connectivity index (χ2n) is 4.40. The van der Waals surface area contributed by atoms with E-state index in [1.165, 1.54) is 6.33 Å². The van der Waals surface area contributed by atoms with Gasteiger partial charge in [0, 0.05) is 19.5 Å². The second-order valence-corrected chi connectivity index (χ2v) is 4.40. The molecular weight excluding hydrogens is 248 g/mol. The van der Waals surface area contributed by atoms with Crippen molar-refractivity contribution in [1.29, 1.82) is 0 Å². The zero-order valence-corrected chi connectivity index (χ0v) is 10.5. The van der Waals surface area contributed by atoms with Crippen molar-refractivity contribution >= 4 is 23.4 Å². The van der Waals surface area contributed by atoms with E-state index < -0.39 is 5.97 Å². The maximum absolute atomic E-state index is 11.6. The average molecular weight is 264 g/mol. The fourth-order valence-electron chi connectivity index (χ4n) is 2.03. The molecule has 2 rings (SSSR count).